The van der Waals surface area contributed by atoms with E-state index in [9.17, 15) is 18.3 Å². The average Bonchev–Trinajstić information content (AvgIpc) is 2.08. The quantitative estimate of drug-likeness (QED) is 0.762. The lowest BCUT2D eigenvalue weighted by atomic mass is 10.00. The van der Waals surface area contributed by atoms with Gasteiger partial charge in [-0.15, -0.1) is 0 Å². The molecule has 0 heterocycles. The van der Waals surface area contributed by atoms with Crippen molar-refractivity contribution in [3.05, 3.63) is 28.8 Å². The van der Waals surface area contributed by atoms with E-state index < -0.39 is 18.0 Å². The number of nitrogens with two attached hydrogens (primary N) is 1. The van der Waals surface area contributed by atoms with Crippen molar-refractivity contribution in [1.82, 2.24) is 0 Å². The van der Waals surface area contributed by atoms with E-state index >= 15 is 0 Å². The van der Waals surface area contributed by atoms with E-state index in [4.69, 9.17) is 5.73 Å². The Labute approximate surface area is 85.5 Å². The number of aryl methyl sites for hydroxylation is 2. The van der Waals surface area contributed by atoms with Crippen LogP contribution in [-0.4, -0.2) is 11.3 Å². The summed E-state index contributed by atoms with van der Waals surface area (Å²) in [5, 5.41) is 9.37. The summed E-state index contributed by atoms with van der Waals surface area (Å²) in [4.78, 5) is 0. The Bertz CT molecular complexity index is 374. The number of hydrogen-bond donors (Lipinski definition) is 2. The summed E-state index contributed by atoms with van der Waals surface area (Å²) in [6.07, 6.45) is -4.54. The van der Waals surface area contributed by atoms with Crippen molar-refractivity contribution < 1.29 is 18.3 Å². The van der Waals surface area contributed by atoms with Gasteiger partial charge in [-0.3, -0.25) is 0 Å². The Morgan fingerprint density at radius 2 is 1.67 bits per heavy atom. The monoisotopic (exact) mass is 219 g/mol. The molecule has 0 saturated carbocycles. The lowest BCUT2D eigenvalue weighted by Gasteiger charge is -2.18. The molecule has 1 atom stereocenters. The summed E-state index contributed by atoms with van der Waals surface area (Å²) in [6, 6.07) is 0.413. The molecule has 2 nitrogen and oxygen atoms in total. The Balaban J connectivity index is 3.21. The summed E-state index contributed by atoms with van der Waals surface area (Å²) in [5.41, 5.74) is 6.12. The molecule has 0 spiro atoms. The molecule has 15 heavy (non-hydrogen) atoms. The number of aromatic hydroxyl groups is 1. The van der Waals surface area contributed by atoms with Gasteiger partial charge in [-0.2, -0.15) is 13.2 Å². The van der Waals surface area contributed by atoms with Gasteiger partial charge in [0.05, 0.1) is 0 Å². The molecule has 0 aliphatic rings. The third-order valence-electron chi connectivity index (χ3n) is 2.33. The lowest BCUT2D eigenvalue weighted by molar-refractivity contribution is -0.149. The molecule has 1 rings (SSSR count). The molecule has 0 bridgehead atoms. The molecule has 84 valence electrons. The standard InChI is InChI=1S/C10H12F3NO/c1-5-3-7(8(15)4-6(5)2)9(14)10(11,12)13/h3-4,9,15H,14H2,1-2H3/t9-/m0/s1. The number of phenolic OH excluding ortho intramolecular Hbond substituents is 1. The smallest absolute Gasteiger partial charge is 0.407 e. The van der Waals surface area contributed by atoms with Gasteiger partial charge in [-0.1, -0.05) is 6.07 Å². The first-order chi connectivity index (χ1) is 6.73. The maximum atomic E-state index is 12.3. The molecular weight excluding hydrogens is 207 g/mol. The fourth-order valence-electron chi connectivity index (χ4n) is 1.25. The number of rotatable bonds is 1. The van der Waals surface area contributed by atoms with E-state index in [1.807, 2.05) is 0 Å². The average molecular weight is 219 g/mol. The molecular formula is C10H12F3NO. The second-order valence-corrected chi connectivity index (χ2v) is 3.51. The number of benzene rings is 1. The first kappa shape index (κ1) is 11.8. The largest absolute Gasteiger partial charge is 0.508 e. The molecule has 0 fully saturated rings. The highest BCUT2D eigenvalue weighted by atomic mass is 19.4. The SMILES string of the molecule is Cc1cc(O)c([C@H](N)C(F)(F)F)cc1C. The first-order valence-corrected chi connectivity index (χ1v) is 4.36. The van der Waals surface area contributed by atoms with Gasteiger partial charge in [0.25, 0.3) is 0 Å². The minimum absolute atomic E-state index is 0.286. The number of halogens is 3. The van der Waals surface area contributed by atoms with Crippen molar-refractivity contribution in [2.45, 2.75) is 26.1 Å². The van der Waals surface area contributed by atoms with Crippen molar-refractivity contribution >= 4 is 0 Å². The van der Waals surface area contributed by atoms with Crippen molar-refractivity contribution in [3.8, 4) is 5.75 Å². The molecule has 0 amide bonds. The van der Waals surface area contributed by atoms with Gasteiger partial charge < -0.3 is 10.8 Å². The van der Waals surface area contributed by atoms with Crippen molar-refractivity contribution in [3.63, 3.8) is 0 Å². The summed E-state index contributed by atoms with van der Waals surface area (Å²) in [7, 11) is 0. The van der Waals surface area contributed by atoms with Crippen molar-refractivity contribution in [1.29, 1.82) is 0 Å². The van der Waals surface area contributed by atoms with Gasteiger partial charge in [0.15, 0.2) is 0 Å². The van der Waals surface area contributed by atoms with Gasteiger partial charge in [-0.25, -0.2) is 0 Å². The molecule has 3 N–H and O–H groups in total. The zero-order valence-electron chi connectivity index (χ0n) is 8.39. The zero-order chi connectivity index (χ0) is 11.8. The van der Waals surface area contributed by atoms with Crippen LogP contribution in [-0.2, 0) is 0 Å². The van der Waals surface area contributed by atoms with Crippen LogP contribution >= 0.6 is 0 Å². The molecule has 0 saturated heterocycles. The van der Waals surface area contributed by atoms with Crippen LogP contribution in [0.3, 0.4) is 0 Å². The van der Waals surface area contributed by atoms with Gasteiger partial charge in [0, 0.05) is 5.56 Å². The highest BCUT2D eigenvalue weighted by Gasteiger charge is 2.39. The van der Waals surface area contributed by atoms with E-state index in [-0.39, 0.29) is 5.56 Å². The first-order valence-electron chi connectivity index (χ1n) is 4.36. The highest BCUT2D eigenvalue weighted by molar-refractivity contribution is 5.42. The topological polar surface area (TPSA) is 46.2 Å². The Kier molecular flexibility index (Phi) is 2.95. The maximum absolute atomic E-state index is 12.3. The molecule has 0 aliphatic carbocycles. The van der Waals surface area contributed by atoms with Crippen molar-refractivity contribution in [2.24, 2.45) is 5.73 Å². The van der Waals surface area contributed by atoms with E-state index in [0.717, 1.165) is 5.56 Å². The van der Waals surface area contributed by atoms with E-state index in [1.165, 1.54) is 12.1 Å². The van der Waals surface area contributed by atoms with Gasteiger partial charge >= 0.3 is 6.18 Å². The molecule has 1 aromatic rings. The molecule has 0 aromatic heterocycles. The van der Waals surface area contributed by atoms with Crippen LogP contribution in [0.1, 0.15) is 22.7 Å². The van der Waals surface area contributed by atoms with Gasteiger partial charge in [0.2, 0.25) is 0 Å². The summed E-state index contributed by atoms with van der Waals surface area (Å²) in [6.45, 7) is 3.37. The molecule has 0 unspecified atom stereocenters. The molecule has 0 radical (unpaired) electrons. The normalized spacial score (nSPS) is 14.0. The second kappa shape index (κ2) is 3.73. The lowest BCUT2D eigenvalue weighted by Crippen LogP contribution is -2.28. The molecule has 0 aliphatic heterocycles. The van der Waals surface area contributed by atoms with Crippen LogP contribution in [0.15, 0.2) is 12.1 Å². The van der Waals surface area contributed by atoms with Crippen LogP contribution < -0.4 is 5.73 Å². The predicted octanol–water partition coefficient (Wildman–Crippen LogP) is 2.57. The predicted molar refractivity (Wildman–Crippen MR) is 50.6 cm³/mol. The third-order valence-corrected chi connectivity index (χ3v) is 2.33. The van der Waals surface area contributed by atoms with E-state index in [1.54, 1.807) is 13.8 Å². The molecule has 5 heteroatoms. The van der Waals surface area contributed by atoms with Crippen LogP contribution in [0.25, 0.3) is 0 Å². The van der Waals surface area contributed by atoms with Crippen LogP contribution in [0, 0.1) is 13.8 Å². The Hall–Kier alpha value is -1.23. The minimum atomic E-state index is -4.54. The van der Waals surface area contributed by atoms with Crippen molar-refractivity contribution in [2.75, 3.05) is 0 Å². The number of alkyl halides is 3. The third kappa shape index (κ3) is 2.41. The Morgan fingerprint density at radius 3 is 2.13 bits per heavy atom. The maximum Gasteiger partial charge on any atom is 0.407 e. The minimum Gasteiger partial charge on any atom is -0.508 e. The van der Waals surface area contributed by atoms with Gasteiger partial charge in [0.1, 0.15) is 11.8 Å². The van der Waals surface area contributed by atoms with E-state index in [2.05, 4.69) is 0 Å². The van der Waals surface area contributed by atoms with Crippen LogP contribution in [0.2, 0.25) is 0 Å². The zero-order valence-corrected chi connectivity index (χ0v) is 8.39. The fraction of sp³-hybridized carbons (Fsp3) is 0.400. The second-order valence-electron chi connectivity index (χ2n) is 3.51. The molecule has 1 aromatic carbocycles. The summed E-state index contributed by atoms with van der Waals surface area (Å²) < 4.78 is 36.9. The van der Waals surface area contributed by atoms with Crippen LogP contribution in [0.5, 0.6) is 5.75 Å². The summed E-state index contributed by atoms with van der Waals surface area (Å²) >= 11 is 0. The van der Waals surface area contributed by atoms with E-state index in [0.29, 0.717) is 5.56 Å². The van der Waals surface area contributed by atoms with Gasteiger partial charge in [-0.05, 0) is 31.0 Å². The van der Waals surface area contributed by atoms with Crippen LogP contribution in [0.4, 0.5) is 13.2 Å². The number of phenols is 1. The highest BCUT2D eigenvalue weighted by Crippen LogP contribution is 2.36. The Morgan fingerprint density at radius 1 is 1.20 bits per heavy atom. The fourth-order valence-corrected chi connectivity index (χ4v) is 1.25. The summed E-state index contributed by atoms with van der Waals surface area (Å²) in [5.74, 6) is -0.414. The number of hydrogen-bond acceptors (Lipinski definition) is 2.